The van der Waals surface area contributed by atoms with E-state index in [0.717, 1.165) is 12.8 Å². The predicted octanol–water partition coefficient (Wildman–Crippen LogP) is 7.42. The van der Waals surface area contributed by atoms with Gasteiger partial charge in [0, 0.05) is 11.3 Å². The Morgan fingerprint density at radius 1 is 0.920 bits per heavy atom. The first kappa shape index (κ1) is 20.6. The number of hydrogen-bond donors (Lipinski definition) is 0. The molecule has 0 amide bonds. The quantitative estimate of drug-likeness (QED) is 0.484. The minimum absolute atomic E-state index is 0.0475. The third kappa shape index (κ3) is 5.14. The van der Waals surface area contributed by atoms with Crippen LogP contribution in [0.4, 0.5) is 0 Å². The van der Waals surface area contributed by atoms with E-state index in [4.69, 9.17) is 4.74 Å². The molecule has 2 heteroatoms. The Hall–Kier alpha value is -0.730. The Kier molecular flexibility index (Phi) is 5.58. The molecule has 0 bridgehead atoms. The van der Waals surface area contributed by atoms with Gasteiger partial charge in [-0.05, 0) is 49.2 Å². The molecule has 0 aromatic heterocycles. The zero-order chi connectivity index (χ0) is 19.1. The smallest absolute Gasteiger partial charge is 0.144 e. The van der Waals surface area contributed by atoms with Gasteiger partial charge in [0.1, 0.15) is 4.93 Å². The molecule has 25 heavy (non-hydrogen) atoms. The molecule has 2 rings (SSSR count). The van der Waals surface area contributed by atoms with Gasteiger partial charge >= 0.3 is 0 Å². The van der Waals surface area contributed by atoms with Crippen molar-refractivity contribution in [1.29, 1.82) is 0 Å². The second-order valence-corrected chi connectivity index (χ2v) is 11.6. The topological polar surface area (TPSA) is 9.23 Å². The van der Waals surface area contributed by atoms with Crippen molar-refractivity contribution >= 4 is 11.8 Å². The molecule has 1 atom stereocenters. The van der Waals surface area contributed by atoms with Crippen LogP contribution in [0.2, 0.25) is 0 Å². The summed E-state index contributed by atoms with van der Waals surface area (Å²) in [4.78, 5) is 0.984. The van der Waals surface area contributed by atoms with E-state index >= 15 is 0 Å². The van der Waals surface area contributed by atoms with E-state index in [0.29, 0.717) is 0 Å². The molecule has 0 fully saturated rings. The maximum atomic E-state index is 6.80. The maximum absolute atomic E-state index is 6.80. The van der Waals surface area contributed by atoms with Crippen LogP contribution in [0.3, 0.4) is 0 Å². The molecule has 2 aliphatic rings. The molecule has 1 unspecified atom stereocenters. The highest BCUT2D eigenvalue weighted by molar-refractivity contribution is 8.04. The maximum Gasteiger partial charge on any atom is 0.144 e. The van der Waals surface area contributed by atoms with Crippen LogP contribution in [-0.2, 0) is 4.74 Å². The van der Waals surface area contributed by atoms with Gasteiger partial charge in [0.05, 0.1) is 5.60 Å². The van der Waals surface area contributed by atoms with Gasteiger partial charge in [-0.25, -0.2) is 0 Å². The summed E-state index contributed by atoms with van der Waals surface area (Å²) in [5, 5.41) is 0. The lowest BCUT2D eigenvalue weighted by Gasteiger charge is -2.47. The zero-order valence-electron chi connectivity index (χ0n) is 17.6. The first-order valence-corrected chi connectivity index (χ1v) is 10.2. The van der Waals surface area contributed by atoms with Gasteiger partial charge in [0.15, 0.2) is 0 Å². The van der Waals surface area contributed by atoms with E-state index < -0.39 is 0 Å². The fraction of sp³-hybridized carbons (Fsp3) is 0.652. The van der Waals surface area contributed by atoms with E-state index in [-0.39, 0.29) is 21.4 Å². The minimum atomic E-state index is -0.342. The van der Waals surface area contributed by atoms with Crippen LogP contribution in [0.5, 0.6) is 0 Å². The lowest BCUT2D eigenvalue weighted by atomic mass is 9.73. The lowest BCUT2D eigenvalue weighted by molar-refractivity contribution is -0.0675. The molecule has 0 N–H and O–H groups in total. The molecule has 0 aromatic rings. The van der Waals surface area contributed by atoms with Crippen LogP contribution in [0.15, 0.2) is 46.4 Å². The van der Waals surface area contributed by atoms with E-state index in [1.165, 1.54) is 16.1 Å². The van der Waals surface area contributed by atoms with Crippen molar-refractivity contribution in [3.05, 3.63) is 46.4 Å². The summed E-state index contributed by atoms with van der Waals surface area (Å²) >= 11 is 1.89. The van der Waals surface area contributed by atoms with Gasteiger partial charge in [-0.2, -0.15) is 0 Å². The first-order chi connectivity index (χ1) is 11.2. The summed E-state index contributed by atoms with van der Waals surface area (Å²) in [7, 11) is 0. The van der Waals surface area contributed by atoms with Crippen LogP contribution in [-0.4, -0.2) is 10.5 Å². The Balaban J connectivity index is 2.54. The highest BCUT2D eigenvalue weighted by atomic mass is 32.2. The zero-order valence-corrected chi connectivity index (χ0v) is 18.4. The monoisotopic (exact) mass is 360 g/mol. The van der Waals surface area contributed by atoms with Crippen molar-refractivity contribution in [1.82, 2.24) is 0 Å². The standard InChI is InChI=1S/C23H36OS/c1-20(2,3)17-14-15-23(24-22(7,8)9,19(16-17)21(4,5)6)25-18-12-10-11-13-18/h10,12-14,16H,11,15H2,1-9H3. The molecule has 0 heterocycles. The minimum Gasteiger partial charge on any atom is -0.354 e. The van der Waals surface area contributed by atoms with Gasteiger partial charge in [0.2, 0.25) is 0 Å². The third-order valence-corrected chi connectivity index (χ3v) is 5.80. The largest absolute Gasteiger partial charge is 0.354 e. The Bertz CT molecular complexity index is 626. The van der Waals surface area contributed by atoms with Crippen LogP contribution >= 0.6 is 11.8 Å². The Labute approximate surface area is 159 Å². The summed E-state index contributed by atoms with van der Waals surface area (Å²) in [5.41, 5.74) is 2.82. The van der Waals surface area contributed by atoms with E-state index in [9.17, 15) is 0 Å². The van der Waals surface area contributed by atoms with Gasteiger partial charge < -0.3 is 4.74 Å². The summed E-state index contributed by atoms with van der Waals surface area (Å²) in [5.74, 6) is 0. The highest BCUT2D eigenvalue weighted by Crippen LogP contribution is 2.54. The highest BCUT2D eigenvalue weighted by Gasteiger charge is 2.46. The number of rotatable bonds is 3. The van der Waals surface area contributed by atoms with E-state index in [2.05, 4.69) is 92.7 Å². The number of ether oxygens (including phenoxy) is 1. The normalized spacial score (nSPS) is 24.9. The molecule has 0 radical (unpaired) electrons. The van der Waals surface area contributed by atoms with Crippen LogP contribution < -0.4 is 0 Å². The SMILES string of the molecule is CC(C)(C)OC1(SC2=CCC=C2)CC=C(C(C)(C)C)C=C1C(C)(C)C. The Morgan fingerprint density at radius 2 is 1.56 bits per heavy atom. The fourth-order valence-corrected chi connectivity index (χ4v) is 5.06. The third-order valence-electron chi connectivity index (χ3n) is 4.47. The van der Waals surface area contributed by atoms with Crippen molar-refractivity contribution in [2.75, 3.05) is 0 Å². The van der Waals surface area contributed by atoms with Gasteiger partial charge in [0.25, 0.3) is 0 Å². The average Bonchev–Trinajstić information content (AvgIpc) is 2.86. The van der Waals surface area contributed by atoms with Crippen molar-refractivity contribution in [2.45, 2.75) is 85.7 Å². The second-order valence-electron chi connectivity index (χ2n) is 10.2. The predicted molar refractivity (Wildman–Crippen MR) is 113 cm³/mol. The molecular formula is C23H36OS. The molecule has 0 aliphatic heterocycles. The lowest BCUT2D eigenvalue weighted by Crippen LogP contribution is -2.44. The van der Waals surface area contributed by atoms with Gasteiger partial charge in [-0.1, -0.05) is 83.7 Å². The van der Waals surface area contributed by atoms with E-state index in [1.54, 1.807) is 0 Å². The van der Waals surface area contributed by atoms with Gasteiger partial charge in [-0.15, -0.1) is 0 Å². The fourth-order valence-electron chi connectivity index (χ4n) is 3.40. The molecule has 1 nitrogen and oxygen atoms in total. The number of thioether (sulfide) groups is 1. The van der Waals surface area contributed by atoms with E-state index in [1.807, 2.05) is 11.8 Å². The molecule has 0 spiro atoms. The molecule has 140 valence electrons. The van der Waals surface area contributed by atoms with Crippen molar-refractivity contribution < 1.29 is 4.74 Å². The molecular weight excluding hydrogens is 324 g/mol. The second kappa shape index (κ2) is 6.78. The number of hydrogen-bond acceptors (Lipinski definition) is 2. The summed E-state index contributed by atoms with van der Waals surface area (Å²) in [6.45, 7) is 20.3. The molecule has 0 saturated heterocycles. The summed E-state index contributed by atoms with van der Waals surface area (Å²) in [6, 6.07) is 0. The van der Waals surface area contributed by atoms with Crippen molar-refractivity contribution in [2.24, 2.45) is 10.8 Å². The van der Waals surface area contributed by atoms with Crippen LogP contribution in [0.25, 0.3) is 0 Å². The average molecular weight is 361 g/mol. The molecule has 0 saturated carbocycles. The molecule has 0 aromatic carbocycles. The first-order valence-electron chi connectivity index (χ1n) is 9.42. The van der Waals surface area contributed by atoms with Crippen LogP contribution in [0.1, 0.15) is 75.2 Å². The number of allylic oxidation sites excluding steroid dienone is 5. The van der Waals surface area contributed by atoms with Gasteiger partial charge in [-0.3, -0.25) is 0 Å². The Morgan fingerprint density at radius 3 is 2.00 bits per heavy atom. The summed E-state index contributed by atoms with van der Waals surface area (Å²) < 4.78 is 6.80. The summed E-state index contributed by atoms with van der Waals surface area (Å²) in [6.07, 6.45) is 13.5. The van der Waals surface area contributed by atoms with Crippen LogP contribution in [0, 0.1) is 10.8 Å². The van der Waals surface area contributed by atoms with Crippen molar-refractivity contribution in [3.63, 3.8) is 0 Å². The molecule has 2 aliphatic carbocycles. The van der Waals surface area contributed by atoms with Crippen molar-refractivity contribution in [3.8, 4) is 0 Å².